The third-order valence-electron chi connectivity index (χ3n) is 3.68. The number of amides is 1. The lowest BCUT2D eigenvalue weighted by Gasteiger charge is -2.12. The van der Waals surface area contributed by atoms with Crippen molar-refractivity contribution in [2.45, 2.75) is 6.92 Å². The Labute approximate surface area is 145 Å². The van der Waals surface area contributed by atoms with Crippen molar-refractivity contribution in [3.8, 4) is 11.3 Å². The predicted octanol–water partition coefficient (Wildman–Crippen LogP) is 4.44. The molecule has 3 rings (SSSR count). The summed E-state index contributed by atoms with van der Waals surface area (Å²) in [7, 11) is 3.95. The minimum absolute atomic E-state index is 0.119. The highest BCUT2D eigenvalue weighted by Gasteiger charge is 2.08. The van der Waals surface area contributed by atoms with Gasteiger partial charge >= 0.3 is 0 Å². The Hall–Kier alpha value is -2.66. The van der Waals surface area contributed by atoms with E-state index < -0.39 is 0 Å². The summed E-state index contributed by atoms with van der Waals surface area (Å²) in [6.07, 6.45) is 0. The number of nitrogens with zero attached hydrogens (tertiary/aromatic N) is 2. The maximum atomic E-state index is 12.4. The Morgan fingerprint density at radius 1 is 1.12 bits per heavy atom. The molecule has 0 aliphatic heterocycles. The summed E-state index contributed by atoms with van der Waals surface area (Å²) in [5.74, 6) is -0.119. The van der Waals surface area contributed by atoms with E-state index in [4.69, 9.17) is 0 Å². The first-order chi connectivity index (χ1) is 11.5. The van der Waals surface area contributed by atoms with Crippen molar-refractivity contribution in [2.75, 3.05) is 24.3 Å². The third kappa shape index (κ3) is 3.63. The first-order valence-corrected chi connectivity index (χ1v) is 8.52. The van der Waals surface area contributed by atoms with Gasteiger partial charge in [-0.15, -0.1) is 11.3 Å². The molecule has 0 atom stereocenters. The molecule has 2 aromatic carbocycles. The molecule has 5 heteroatoms. The Morgan fingerprint density at radius 2 is 1.88 bits per heavy atom. The zero-order valence-electron chi connectivity index (χ0n) is 13.9. The summed E-state index contributed by atoms with van der Waals surface area (Å²) in [4.78, 5) is 18.9. The molecule has 0 saturated heterocycles. The maximum Gasteiger partial charge on any atom is 0.255 e. The first-order valence-electron chi connectivity index (χ1n) is 7.64. The number of rotatable bonds is 4. The number of benzene rings is 2. The highest BCUT2D eigenvalue weighted by Crippen LogP contribution is 2.24. The molecule has 0 saturated carbocycles. The third-order valence-corrected chi connectivity index (χ3v) is 4.45. The van der Waals surface area contributed by atoms with Crippen molar-refractivity contribution in [2.24, 2.45) is 0 Å². The Bertz CT molecular complexity index is 853. The summed E-state index contributed by atoms with van der Waals surface area (Å²) in [6, 6.07) is 15.3. The van der Waals surface area contributed by atoms with Gasteiger partial charge in [0.15, 0.2) is 0 Å². The molecule has 0 unspecified atom stereocenters. The largest absolute Gasteiger partial charge is 0.378 e. The molecule has 122 valence electrons. The van der Waals surface area contributed by atoms with E-state index in [9.17, 15) is 4.79 Å². The summed E-state index contributed by atoms with van der Waals surface area (Å²) in [5.41, 5.74) is 4.40. The second kappa shape index (κ2) is 6.84. The molecule has 1 aromatic heterocycles. The second-order valence-corrected chi connectivity index (χ2v) is 6.79. The number of hydrogen-bond donors (Lipinski definition) is 1. The van der Waals surface area contributed by atoms with Crippen LogP contribution in [0.4, 0.5) is 11.4 Å². The quantitative estimate of drug-likeness (QED) is 0.765. The molecule has 0 spiro atoms. The minimum atomic E-state index is -0.119. The van der Waals surface area contributed by atoms with E-state index in [0.29, 0.717) is 5.56 Å². The van der Waals surface area contributed by atoms with Crippen molar-refractivity contribution in [1.82, 2.24) is 4.98 Å². The van der Waals surface area contributed by atoms with Crippen LogP contribution in [-0.2, 0) is 0 Å². The maximum absolute atomic E-state index is 12.4. The number of aromatic nitrogens is 1. The summed E-state index contributed by atoms with van der Waals surface area (Å²) >= 11 is 1.62. The van der Waals surface area contributed by atoms with Crippen LogP contribution in [0.3, 0.4) is 0 Å². The Balaban J connectivity index is 1.77. The predicted molar refractivity (Wildman–Crippen MR) is 101 cm³/mol. The highest BCUT2D eigenvalue weighted by atomic mass is 32.1. The lowest BCUT2D eigenvalue weighted by molar-refractivity contribution is 0.102. The second-order valence-electron chi connectivity index (χ2n) is 5.73. The van der Waals surface area contributed by atoms with Gasteiger partial charge in [0, 0.05) is 42.0 Å². The van der Waals surface area contributed by atoms with Gasteiger partial charge in [-0.25, -0.2) is 4.98 Å². The summed E-state index contributed by atoms with van der Waals surface area (Å²) in [6.45, 7) is 1.98. The smallest absolute Gasteiger partial charge is 0.255 e. The minimum Gasteiger partial charge on any atom is -0.378 e. The van der Waals surface area contributed by atoms with E-state index in [1.54, 1.807) is 11.3 Å². The zero-order chi connectivity index (χ0) is 17.1. The number of thiazole rings is 1. The Kier molecular flexibility index (Phi) is 4.62. The van der Waals surface area contributed by atoms with Crippen LogP contribution in [0.15, 0.2) is 53.9 Å². The van der Waals surface area contributed by atoms with Gasteiger partial charge in [0.05, 0.1) is 10.7 Å². The lowest BCUT2D eigenvalue weighted by Crippen LogP contribution is -2.13. The van der Waals surface area contributed by atoms with Crippen molar-refractivity contribution in [3.63, 3.8) is 0 Å². The van der Waals surface area contributed by atoms with Crippen molar-refractivity contribution in [1.29, 1.82) is 0 Å². The normalized spacial score (nSPS) is 10.5. The molecule has 24 heavy (non-hydrogen) atoms. The van der Waals surface area contributed by atoms with E-state index in [-0.39, 0.29) is 5.91 Å². The number of nitrogens with one attached hydrogen (secondary N) is 1. The van der Waals surface area contributed by atoms with Crippen LogP contribution in [-0.4, -0.2) is 25.0 Å². The van der Waals surface area contributed by atoms with E-state index in [0.717, 1.165) is 27.6 Å². The van der Waals surface area contributed by atoms with Gasteiger partial charge in [0.2, 0.25) is 0 Å². The van der Waals surface area contributed by atoms with Crippen LogP contribution >= 0.6 is 11.3 Å². The molecule has 0 radical (unpaired) electrons. The van der Waals surface area contributed by atoms with Crippen molar-refractivity contribution >= 4 is 28.6 Å². The zero-order valence-corrected chi connectivity index (χ0v) is 14.7. The van der Waals surface area contributed by atoms with Gasteiger partial charge in [-0.05, 0) is 43.3 Å². The molecule has 1 N–H and O–H groups in total. The van der Waals surface area contributed by atoms with Gasteiger partial charge in [0.1, 0.15) is 0 Å². The molecular weight excluding hydrogens is 318 g/mol. The van der Waals surface area contributed by atoms with Gasteiger partial charge < -0.3 is 10.2 Å². The van der Waals surface area contributed by atoms with Crippen LogP contribution in [0.5, 0.6) is 0 Å². The van der Waals surface area contributed by atoms with Gasteiger partial charge in [-0.3, -0.25) is 4.79 Å². The SMILES string of the molecule is Cc1nc(-c2cccc(NC(=O)c3ccc(N(C)C)cc3)c2)cs1. The standard InChI is InChI=1S/C19H19N3OS/c1-13-20-18(12-24-13)15-5-4-6-16(11-15)21-19(23)14-7-9-17(10-8-14)22(2)3/h4-12H,1-3H3,(H,21,23). The van der Waals surface area contributed by atoms with E-state index in [1.807, 2.05) is 79.8 Å². The molecule has 0 aliphatic carbocycles. The van der Waals surface area contributed by atoms with Crippen molar-refractivity contribution in [3.05, 3.63) is 64.5 Å². The van der Waals surface area contributed by atoms with Crippen LogP contribution in [0.1, 0.15) is 15.4 Å². The van der Waals surface area contributed by atoms with Crippen LogP contribution in [0.25, 0.3) is 11.3 Å². The average Bonchev–Trinajstić information content (AvgIpc) is 3.02. The fourth-order valence-electron chi connectivity index (χ4n) is 2.37. The number of anilines is 2. The molecular formula is C19H19N3OS. The number of carbonyl (C=O) groups is 1. The topological polar surface area (TPSA) is 45.2 Å². The molecule has 0 bridgehead atoms. The average molecular weight is 337 g/mol. The molecule has 0 fully saturated rings. The molecule has 0 aliphatic rings. The summed E-state index contributed by atoms with van der Waals surface area (Å²) < 4.78 is 0. The molecule has 3 aromatic rings. The number of hydrogen-bond acceptors (Lipinski definition) is 4. The Morgan fingerprint density at radius 3 is 2.50 bits per heavy atom. The van der Waals surface area contributed by atoms with Gasteiger partial charge in [-0.1, -0.05) is 12.1 Å². The van der Waals surface area contributed by atoms with Crippen LogP contribution in [0.2, 0.25) is 0 Å². The van der Waals surface area contributed by atoms with E-state index >= 15 is 0 Å². The fourth-order valence-corrected chi connectivity index (χ4v) is 2.99. The van der Waals surface area contributed by atoms with Crippen LogP contribution in [0, 0.1) is 6.92 Å². The van der Waals surface area contributed by atoms with E-state index in [2.05, 4.69) is 10.3 Å². The van der Waals surface area contributed by atoms with Crippen LogP contribution < -0.4 is 10.2 Å². The highest BCUT2D eigenvalue weighted by molar-refractivity contribution is 7.09. The summed E-state index contributed by atoms with van der Waals surface area (Å²) in [5, 5.41) is 6.00. The molecule has 1 amide bonds. The van der Waals surface area contributed by atoms with E-state index in [1.165, 1.54) is 0 Å². The lowest BCUT2D eigenvalue weighted by atomic mass is 10.1. The first kappa shape index (κ1) is 16.2. The fraction of sp³-hybridized carbons (Fsp3) is 0.158. The monoisotopic (exact) mass is 337 g/mol. The van der Waals surface area contributed by atoms with Gasteiger partial charge in [0.25, 0.3) is 5.91 Å². The number of carbonyl (C=O) groups excluding carboxylic acids is 1. The van der Waals surface area contributed by atoms with Gasteiger partial charge in [-0.2, -0.15) is 0 Å². The molecule has 1 heterocycles. The van der Waals surface area contributed by atoms with Crippen molar-refractivity contribution < 1.29 is 4.79 Å². The molecule has 4 nitrogen and oxygen atoms in total. The number of aryl methyl sites for hydroxylation is 1.